The summed E-state index contributed by atoms with van der Waals surface area (Å²) in [6.45, 7) is 1.44. The summed E-state index contributed by atoms with van der Waals surface area (Å²) >= 11 is 0.893. The van der Waals surface area contributed by atoms with Gasteiger partial charge in [0.05, 0.1) is 22.2 Å². The number of fused-ring (bicyclic) bond motifs is 3. The summed E-state index contributed by atoms with van der Waals surface area (Å²) in [6, 6.07) is 3.34. The lowest BCUT2D eigenvalue weighted by Gasteiger charge is -2.27. The van der Waals surface area contributed by atoms with E-state index >= 15 is 4.39 Å². The van der Waals surface area contributed by atoms with Gasteiger partial charge in [-0.1, -0.05) is 24.4 Å². The van der Waals surface area contributed by atoms with Gasteiger partial charge in [0.15, 0.2) is 17.4 Å². The lowest BCUT2D eigenvalue weighted by Crippen LogP contribution is -2.27. The maximum absolute atomic E-state index is 15.4. The lowest BCUT2D eigenvalue weighted by molar-refractivity contribution is 0.103. The fraction of sp³-hybridized carbons (Fsp3) is 0.375. The van der Waals surface area contributed by atoms with Crippen LogP contribution in [0.3, 0.4) is 0 Å². The Morgan fingerprint density at radius 2 is 1.71 bits per heavy atom. The molecule has 3 heterocycles. The van der Waals surface area contributed by atoms with E-state index in [0.29, 0.717) is 29.2 Å². The number of H-pyrrole nitrogens is 1. The van der Waals surface area contributed by atoms with E-state index in [9.17, 15) is 18.4 Å². The number of nitrogen functional groups attached to an aromatic ring is 1. The second-order valence-electron chi connectivity index (χ2n) is 9.36. The van der Waals surface area contributed by atoms with Crippen LogP contribution < -0.4 is 16.2 Å². The average Bonchev–Trinajstić information content (AvgIpc) is 3.41. The number of nitrogens with zero attached hydrogens (tertiary/aromatic N) is 2. The third-order valence-electron chi connectivity index (χ3n) is 7.47. The quantitative estimate of drug-likeness (QED) is 0.444. The number of carbonyl (C=O) groups excluding carboxylic acids is 1. The molecule has 6 nitrogen and oxygen atoms in total. The molecular formula is C24H21F3N4O2S. The molecule has 3 aliphatic rings. The van der Waals surface area contributed by atoms with Gasteiger partial charge in [-0.25, -0.2) is 18.2 Å². The van der Waals surface area contributed by atoms with Crippen molar-refractivity contribution in [1.29, 1.82) is 0 Å². The number of nitrogens with two attached hydrogens (primary N) is 1. The Balaban J connectivity index is 1.54. The zero-order chi connectivity index (χ0) is 23.7. The molecule has 1 saturated carbocycles. The Morgan fingerprint density at radius 3 is 2.41 bits per heavy atom. The minimum atomic E-state index is -1.00. The number of benzene rings is 1. The first-order valence-electron chi connectivity index (χ1n) is 11.3. The third-order valence-corrected chi connectivity index (χ3v) is 8.41. The molecule has 1 saturated heterocycles. The van der Waals surface area contributed by atoms with Crippen LogP contribution in [0.5, 0.6) is 0 Å². The Hall–Kier alpha value is -3.14. The summed E-state index contributed by atoms with van der Waals surface area (Å²) in [6.07, 6.45) is 4.56. The van der Waals surface area contributed by atoms with Gasteiger partial charge in [-0.15, -0.1) is 0 Å². The first kappa shape index (κ1) is 21.4. The van der Waals surface area contributed by atoms with Crippen molar-refractivity contribution in [3.63, 3.8) is 0 Å². The Labute approximate surface area is 196 Å². The average molecular weight is 487 g/mol. The van der Waals surface area contributed by atoms with Gasteiger partial charge in [0.2, 0.25) is 0 Å². The van der Waals surface area contributed by atoms with Gasteiger partial charge in [0.25, 0.3) is 5.56 Å². The molecule has 3 aromatic rings. The molecule has 2 aliphatic carbocycles. The Morgan fingerprint density at radius 1 is 1.00 bits per heavy atom. The van der Waals surface area contributed by atoms with Crippen LogP contribution in [-0.2, 0) is 0 Å². The van der Waals surface area contributed by atoms with Crippen LogP contribution in [0.1, 0.15) is 63.7 Å². The van der Waals surface area contributed by atoms with Gasteiger partial charge < -0.3 is 10.6 Å². The molecule has 3 atom stereocenters. The lowest BCUT2D eigenvalue weighted by atomic mass is 9.80. The predicted molar refractivity (Wildman–Crippen MR) is 122 cm³/mol. The van der Waals surface area contributed by atoms with Crippen molar-refractivity contribution >= 4 is 28.8 Å². The highest BCUT2D eigenvalue weighted by Crippen LogP contribution is 2.45. The second-order valence-corrected chi connectivity index (χ2v) is 10.2. The number of ketones is 1. The van der Waals surface area contributed by atoms with Gasteiger partial charge in [-0.3, -0.25) is 14.0 Å². The molecule has 1 aromatic carbocycles. The number of rotatable bonds is 2. The van der Waals surface area contributed by atoms with Crippen LogP contribution in [0.4, 0.5) is 24.7 Å². The van der Waals surface area contributed by atoms with Crippen LogP contribution >= 0.6 is 11.5 Å². The van der Waals surface area contributed by atoms with Gasteiger partial charge in [-0.05, 0) is 42.4 Å². The number of hydrogen-bond acceptors (Lipinski definition) is 6. The summed E-state index contributed by atoms with van der Waals surface area (Å²) in [4.78, 5) is 31.8. The van der Waals surface area contributed by atoms with E-state index in [4.69, 9.17) is 5.73 Å². The molecule has 0 radical (unpaired) electrons. The molecule has 2 fully saturated rings. The van der Waals surface area contributed by atoms with Gasteiger partial charge in [0.1, 0.15) is 17.2 Å². The molecule has 3 unspecified atom stereocenters. The molecule has 176 valence electrons. The van der Waals surface area contributed by atoms with Gasteiger partial charge >= 0.3 is 0 Å². The second kappa shape index (κ2) is 7.69. The first-order chi connectivity index (χ1) is 16.3. The summed E-state index contributed by atoms with van der Waals surface area (Å²) < 4.78 is 46.7. The van der Waals surface area contributed by atoms with Crippen LogP contribution in [0, 0.1) is 29.3 Å². The molecular weight excluding hydrogens is 465 g/mol. The summed E-state index contributed by atoms with van der Waals surface area (Å²) in [5.74, 6) is -3.65. The van der Waals surface area contributed by atoms with Crippen molar-refractivity contribution in [3.05, 3.63) is 73.3 Å². The van der Waals surface area contributed by atoms with Crippen molar-refractivity contribution in [1.82, 2.24) is 9.36 Å². The SMILES string of the molecule is Nc1nc(C2c3cc(N4CC5CCCCC5C4)c(F)cc3C(=O)c3c2s[nH]c3=O)c(F)cc1F. The summed E-state index contributed by atoms with van der Waals surface area (Å²) in [5.41, 5.74) is 5.26. The number of nitrogens with one attached hydrogen (secondary N) is 1. The largest absolute Gasteiger partial charge is 0.381 e. The van der Waals surface area contributed by atoms with E-state index < -0.39 is 40.5 Å². The third kappa shape index (κ3) is 3.11. The van der Waals surface area contributed by atoms with Gasteiger partial charge in [-0.2, -0.15) is 0 Å². The van der Waals surface area contributed by atoms with Crippen LogP contribution in [0.25, 0.3) is 0 Å². The van der Waals surface area contributed by atoms with Crippen molar-refractivity contribution in [3.8, 4) is 0 Å². The highest BCUT2D eigenvalue weighted by molar-refractivity contribution is 7.06. The number of anilines is 2. The van der Waals surface area contributed by atoms with Crippen molar-refractivity contribution in [2.75, 3.05) is 23.7 Å². The monoisotopic (exact) mass is 486 g/mol. The van der Waals surface area contributed by atoms with Crippen molar-refractivity contribution < 1.29 is 18.0 Å². The fourth-order valence-electron chi connectivity index (χ4n) is 5.84. The minimum absolute atomic E-state index is 0.0247. The van der Waals surface area contributed by atoms with E-state index in [1.807, 2.05) is 4.90 Å². The number of aromatic nitrogens is 2. The highest BCUT2D eigenvalue weighted by atomic mass is 32.1. The molecule has 6 rings (SSSR count). The molecule has 0 amide bonds. The molecule has 0 bridgehead atoms. The van der Waals surface area contributed by atoms with E-state index in [-0.39, 0.29) is 21.7 Å². The van der Waals surface area contributed by atoms with Crippen LogP contribution in [0.15, 0.2) is 23.0 Å². The van der Waals surface area contributed by atoms with E-state index in [1.165, 1.54) is 12.8 Å². The Bertz CT molecular complexity index is 1390. The zero-order valence-corrected chi connectivity index (χ0v) is 18.9. The fourth-order valence-corrected chi connectivity index (χ4v) is 6.79. The molecule has 34 heavy (non-hydrogen) atoms. The molecule has 0 spiro atoms. The topological polar surface area (TPSA) is 92.1 Å². The zero-order valence-electron chi connectivity index (χ0n) is 18.0. The highest BCUT2D eigenvalue weighted by Gasteiger charge is 2.41. The molecule has 1 aliphatic heterocycles. The predicted octanol–water partition coefficient (Wildman–Crippen LogP) is 4.18. The summed E-state index contributed by atoms with van der Waals surface area (Å²) in [7, 11) is 0. The standard InChI is InChI=1S/C24H21F3N4O2S/c25-14-5-13-12(6-17(14)31-8-10-3-1-2-4-11(10)9-31)18(20-15(26)7-16(27)23(28)29-20)22-19(21(13)32)24(33)30-34-22/h5-7,10-11,18H,1-4,8-9H2,(H2,28,29)(H,30,33). The van der Waals surface area contributed by atoms with Gasteiger partial charge in [0, 0.05) is 24.7 Å². The molecule has 3 N–H and O–H groups in total. The normalized spacial score (nSPS) is 23.6. The van der Waals surface area contributed by atoms with Crippen LogP contribution in [0.2, 0.25) is 0 Å². The number of carbonyl (C=O) groups is 1. The maximum Gasteiger partial charge on any atom is 0.269 e. The first-order valence-corrected chi connectivity index (χ1v) is 12.1. The number of hydrogen-bond donors (Lipinski definition) is 2. The minimum Gasteiger partial charge on any atom is -0.381 e. The van der Waals surface area contributed by atoms with Crippen molar-refractivity contribution in [2.24, 2.45) is 11.8 Å². The number of halogens is 3. The summed E-state index contributed by atoms with van der Waals surface area (Å²) in [5, 5.41) is 0. The van der Waals surface area contributed by atoms with E-state index in [2.05, 4.69) is 9.36 Å². The number of pyridine rings is 1. The van der Waals surface area contributed by atoms with E-state index in [0.717, 1.165) is 43.5 Å². The van der Waals surface area contributed by atoms with Crippen molar-refractivity contribution in [2.45, 2.75) is 31.6 Å². The number of aromatic amines is 1. The Kier molecular flexibility index (Phi) is 4.84. The molecule has 2 aromatic heterocycles. The van der Waals surface area contributed by atoms with Crippen LogP contribution in [-0.4, -0.2) is 28.2 Å². The van der Waals surface area contributed by atoms with E-state index in [1.54, 1.807) is 6.07 Å². The molecule has 10 heteroatoms. The smallest absolute Gasteiger partial charge is 0.269 e. The maximum atomic E-state index is 15.4.